The molecule has 1 saturated carbocycles. The quantitative estimate of drug-likeness (QED) is 0.823. The van der Waals surface area contributed by atoms with Gasteiger partial charge in [-0.3, -0.25) is 9.88 Å². The first-order valence-electron chi connectivity index (χ1n) is 6.18. The van der Waals surface area contributed by atoms with E-state index in [1.807, 2.05) is 23.5 Å². The Morgan fingerprint density at radius 3 is 2.89 bits per heavy atom. The molecule has 1 fully saturated rings. The zero-order valence-corrected chi connectivity index (χ0v) is 11.6. The van der Waals surface area contributed by atoms with Crippen LogP contribution in [0.4, 0.5) is 0 Å². The predicted octanol–water partition coefficient (Wildman–Crippen LogP) is 3.96. The van der Waals surface area contributed by atoms with Crippen LogP contribution in [0.5, 0.6) is 0 Å². The summed E-state index contributed by atoms with van der Waals surface area (Å²) in [5.41, 5.74) is 1.06. The lowest BCUT2D eigenvalue weighted by molar-refractivity contribution is 0.245. The van der Waals surface area contributed by atoms with Crippen LogP contribution in [-0.4, -0.2) is 15.9 Å². The fourth-order valence-corrected chi connectivity index (χ4v) is 3.01. The second kappa shape index (κ2) is 5.39. The van der Waals surface area contributed by atoms with Gasteiger partial charge >= 0.3 is 0 Å². The number of halogens is 1. The lowest BCUT2D eigenvalue weighted by atomic mass is 10.3. The minimum absolute atomic E-state index is 0.730. The topological polar surface area (TPSA) is 16.1 Å². The number of pyridine rings is 1. The molecular formula is C14H15ClN2S. The SMILES string of the molecule is Clc1ccnc(CN(Cc2cccs2)C2CC2)c1. The van der Waals surface area contributed by atoms with Crippen LogP contribution in [0.2, 0.25) is 5.02 Å². The smallest absolute Gasteiger partial charge is 0.0559 e. The summed E-state index contributed by atoms with van der Waals surface area (Å²) in [5.74, 6) is 0. The Bertz CT molecular complexity index is 508. The van der Waals surface area contributed by atoms with Gasteiger partial charge in [-0.25, -0.2) is 0 Å². The van der Waals surface area contributed by atoms with Crippen molar-refractivity contribution in [2.75, 3.05) is 0 Å². The van der Waals surface area contributed by atoms with E-state index in [-0.39, 0.29) is 0 Å². The van der Waals surface area contributed by atoms with Crippen LogP contribution in [0, 0.1) is 0 Å². The fourth-order valence-electron chi connectivity index (χ4n) is 2.10. The minimum atomic E-state index is 0.730. The highest BCUT2D eigenvalue weighted by molar-refractivity contribution is 7.09. The Morgan fingerprint density at radius 2 is 2.22 bits per heavy atom. The minimum Gasteiger partial charge on any atom is -0.289 e. The molecule has 0 atom stereocenters. The van der Waals surface area contributed by atoms with Crippen molar-refractivity contribution in [2.24, 2.45) is 0 Å². The first kappa shape index (κ1) is 12.2. The summed E-state index contributed by atoms with van der Waals surface area (Å²) in [6.07, 6.45) is 4.41. The van der Waals surface area contributed by atoms with E-state index in [4.69, 9.17) is 11.6 Å². The predicted molar refractivity (Wildman–Crippen MR) is 75.8 cm³/mol. The molecule has 1 aliphatic rings. The summed E-state index contributed by atoms with van der Waals surface area (Å²) in [5, 5.41) is 2.91. The fraction of sp³-hybridized carbons (Fsp3) is 0.357. The van der Waals surface area contributed by atoms with Gasteiger partial charge in [0, 0.05) is 35.2 Å². The number of hydrogen-bond acceptors (Lipinski definition) is 3. The van der Waals surface area contributed by atoms with Gasteiger partial charge in [-0.05, 0) is 36.4 Å². The molecule has 0 unspecified atom stereocenters. The first-order chi connectivity index (χ1) is 8.81. The maximum absolute atomic E-state index is 6.01. The van der Waals surface area contributed by atoms with Gasteiger partial charge in [0.15, 0.2) is 0 Å². The zero-order valence-electron chi connectivity index (χ0n) is 10.1. The van der Waals surface area contributed by atoms with E-state index < -0.39 is 0 Å². The van der Waals surface area contributed by atoms with Gasteiger partial charge in [-0.1, -0.05) is 17.7 Å². The van der Waals surface area contributed by atoms with Crippen molar-refractivity contribution >= 4 is 22.9 Å². The van der Waals surface area contributed by atoms with Crippen LogP contribution in [0.3, 0.4) is 0 Å². The van der Waals surface area contributed by atoms with Crippen LogP contribution < -0.4 is 0 Å². The third kappa shape index (κ3) is 3.10. The molecule has 0 amide bonds. The monoisotopic (exact) mass is 278 g/mol. The number of aromatic nitrogens is 1. The van der Waals surface area contributed by atoms with E-state index in [0.717, 1.165) is 29.8 Å². The lowest BCUT2D eigenvalue weighted by Crippen LogP contribution is -2.25. The summed E-state index contributed by atoms with van der Waals surface area (Å²) >= 11 is 7.83. The van der Waals surface area contributed by atoms with Crippen LogP contribution >= 0.6 is 22.9 Å². The van der Waals surface area contributed by atoms with E-state index in [2.05, 4.69) is 27.4 Å². The molecule has 0 N–H and O–H groups in total. The van der Waals surface area contributed by atoms with Crippen molar-refractivity contribution in [3.63, 3.8) is 0 Å². The number of rotatable bonds is 5. The Labute approximate surface area is 116 Å². The molecule has 0 aliphatic heterocycles. The van der Waals surface area contributed by atoms with Crippen molar-refractivity contribution < 1.29 is 0 Å². The third-order valence-corrected chi connectivity index (χ3v) is 4.24. The van der Waals surface area contributed by atoms with Gasteiger partial charge in [-0.2, -0.15) is 0 Å². The average Bonchev–Trinajstić information content (AvgIpc) is 3.08. The standard InChI is InChI=1S/C14H15ClN2S/c15-11-5-6-16-12(8-11)9-17(13-3-4-13)10-14-2-1-7-18-14/h1-2,5-8,13H,3-4,9-10H2. The van der Waals surface area contributed by atoms with Crippen LogP contribution in [0.1, 0.15) is 23.4 Å². The summed E-state index contributed by atoms with van der Waals surface area (Å²) in [7, 11) is 0. The maximum Gasteiger partial charge on any atom is 0.0559 e. The van der Waals surface area contributed by atoms with Gasteiger partial charge < -0.3 is 0 Å². The van der Waals surface area contributed by atoms with Crippen molar-refractivity contribution in [3.8, 4) is 0 Å². The summed E-state index contributed by atoms with van der Waals surface area (Å²) < 4.78 is 0. The van der Waals surface area contributed by atoms with Crippen LogP contribution in [-0.2, 0) is 13.1 Å². The van der Waals surface area contributed by atoms with Gasteiger partial charge in [0.2, 0.25) is 0 Å². The molecule has 2 aromatic rings. The van der Waals surface area contributed by atoms with Gasteiger partial charge in [-0.15, -0.1) is 11.3 Å². The molecule has 0 bridgehead atoms. The molecule has 18 heavy (non-hydrogen) atoms. The molecule has 2 nitrogen and oxygen atoms in total. The van der Waals surface area contributed by atoms with E-state index in [9.17, 15) is 0 Å². The van der Waals surface area contributed by atoms with Crippen molar-refractivity contribution in [3.05, 3.63) is 51.4 Å². The lowest BCUT2D eigenvalue weighted by Gasteiger charge is -2.20. The molecule has 0 spiro atoms. The Morgan fingerprint density at radius 1 is 1.33 bits per heavy atom. The molecule has 1 aliphatic carbocycles. The molecule has 3 rings (SSSR count). The number of hydrogen-bond donors (Lipinski definition) is 0. The van der Waals surface area contributed by atoms with Gasteiger partial charge in [0.05, 0.1) is 5.69 Å². The van der Waals surface area contributed by atoms with Gasteiger partial charge in [0.1, 0.15) is 0 Å². The first-order valence-corrected chi connectivity index (χ1v) is 7.44. The zero-order chi connectivity index (χ0) is 12.4. The highest BCUT2D eigenvalue weighted by atomic mass is 35.5. The second-order valence-electron chi connectivity index (χ2n) is 4.68. The summed E-state index contributed by atoms with van der Waals surface area (Å²) in [6.45, 7) is 1.92. The van der Waals surface area contributed by atoms with Crippen molar-refractivity contribution in [1.82, 2.24) is 9.88 Å². The Kier molecular flexibility index (Phi) is 3.64. The van der Waals surface area contributed by atoms with Gasteiger partial charge in [0.25, 0.3) is 0 Å². The molecule has 2 heterocycles. The highest BCUT2D eigenvalue weighted by Gasteiger charge is 2.29. The number of nitrogens with zero attached hydrogens (tertiary/aromatic N) is 2. The summed E-state index contributed by atoms with van der Waals surface area (Å²) in [4.78, 5) is 8.32. The van der Waals surface area contributed by atoms with E-state index in [1.165, 1.54) is 17.7 Å². The normalized spacial score (nSPS) is 15.2. The second-order valence-corrected chi connectivity index (χ2v) is 6.15. The summed E-state index contributed by atoms with van der Waals surface area (Å²) in [6, 6.07) is 8.83. The molecule has 4 heteroatoms. The Hall–Kier alpha value is -0.900. The molecule has 0 radical (unpaired) electrons. The van der Waals surface area contributed by atoms with Crippen LogP contribution in [0.25, 0.3) is 0 Å². The molecule has 94 valence electrons. The van der Waals surface area contributed by atoms with Crippen molar-refractivity contribution in [1.29, 1.82) is 0 Å². The Balaban J connectivity index is 1.70. The largest absolute Gasteiger partial charge is 0.289 e. The van der Waals surface area contributed by atoms with Crippen LogP contribution in [0.15, 0.2) is 35.8 Å². The third-order valence-electron chi connectivity index (χ3n) is 3.15. The molecule has 2 aromatic heterocycles. The van der Waals surface area contributed by atoms with E-state index >= 15 is 0 Å². The van der Waals surface area contributed by atoms with E-state index in [0.29, 0.717) is 0 Å². The van der Waals surface area contributed by atoms with E-state index in [1.54, 1.807) is 6.20 Å². The average molecular weight is 279 g/mol. The molecule has 0 saturated heterocycles. The molecular weight excluding hydrogens is 264 g/mol. The highest BCUT2D eigenvalue weighted by Crippen LogP contribution is 2.30. The maximum atomic E-state index is 6.01. The number of thiophene rings is 1. The molecule has 0 aromatic carbocycles. The van der Waals surface area contributed by atoms with Crippen molar-refractivity contribution in [2.45, 2.75) is 32.0 Å².